The van der Waals surface area contributed by atoms with Gasteiger partial charge in [-0.15, -0.1) is 11.8 Å². The number of hydrogen-bond acceptors (Lipinski definition) is 4. The molecule has 0 unspecified atom stereocenters. The minimum Gasteiger partial charge on any atom is -0.282 e. The van der Waals surface area contributed by atoms with Gasteiger partial charge in [0.2, 0.25) is 0 Å². The maximum Gasteiger partial charge on any atom is 0.262 e. The molecule has 0 aliphatic carbocycles. The molecule has 1 aliphatic heterocycles. The molecule has 0 radical (unpaired) electrons. The highest BCUT2D eigenvalue weighted by Crippen LogP contribution is 2.34. The number of rotatable bonds is 3. The van der Waals surface area contributed by atoms with E-state index in [1.165, 1.54) is 0 Å². The molecule has 23 heavy (non-hydrogen) atoms. The lowest BCUT2D eigenvalue weighted by Crippen LogP contribution is -2.25. The van der Waals surface area contributed by atoms with Crippen LogP contribution in [0.4, 0.5) is 0 Å². The lowest BCUT2D eigenvalue weighted by atomic mass is 10.2. The molecule has 1 aromatic heterocycles. The van der Waals surface area contributed by atoms with Gasteiger partial charge in [0, 0.05) is 21.4 Å². The lowest BCUT2D eigenvalue weighted by molar-refractivity contribution is 0.558. The number of para-hydroxylation sites is 1. The molecule has 1 aliphatic rings. The van der Waals surface area contributed by atoms with Crippen LogP contribution in [0.5, 0.6) is 0 Å². The minimum absolute atomic E-state index is 0.0670. The molecule has 0 saturated carbocycles. The standard InChI is InChI=1S/C17H13ClN2OS2/c18-11-5-7-13(8-6-11)22-9-12-10-23-17-19-15-4-2-1-3-14(15)16(21)20(12)17/h1-8,12H,9-10H2/t12-/m0/s1. The Kier molecular flexibility index (Phi) is 4.09. The molecular weight excluding hydrogens is 348 g/mol. The van der Waals surface area contributed by atoms with Crippen LogP contribution in [0.1, 0.15) is 6.04 Å². The van der Waals surface area contributed by atoms with Crippen LogP contribution in [-0.4, -0.2) is 21.1 Å². The van der Waals surface area contributed by atoms with Gasteiger partial charge in [0.05, 0.1) is 16.9 Å². The van der Waals surface area contributed by atoms with Crippen molar-refractivity contribution in [2.45, 2.75) is 16.1 Å². The molecule has 6 heteroatoms. The molecule has 2 aromatic carbocycles. The van der Waals surface area contributed by atoms with Crippen molar-refractivity contribution in [3.63, 3.8) is 0 Å². The van der Waals surface area contributed by atoms with Crippen LogP contribution < -0.4 is 5.56 Å². The fourth-order valence-corrected chi connectivity index (χ4v) is 5.04. The van der Waals surface area contributed by atoms with E-state index in [1.54, 1.807) is 23.5 Å². The summed E-state index contributed by atoms with van der Waals surface area (Å²) in [6, 6.07) is 15.5. The molecule has 116 valence electrons. The van der Waals surface area contributed by atoms with E-state index < -0.39 is 0 Å². The Hall–Kier alpha value is -1.43. The SMILES string of the molecule is O=c1c2ccccc2nc2n1[C@@H](CSc1ccc(Cl)cc1)CS2. The Morgan fingerprint density at radius 1 is 1.22 bits per heavy atom. The van der Waals surface area contributed by atoms with Crippen LogP contribution in [-0.2, 0) is 0 Å². The fourth-order valence-electron chi connectivity index (χ4n) is 2.64. The van der Waals surface area contributed by atoms with Crippen molar-refractivity contribution in [2.24, 2.45) is 0 Å². The second kappa shape index (κ2) is 6.23. The predicted molar refractivity (Wildman–Crippen MR) is 97.9 cm³/mol. The van der Waals surface area contributed by atoms with E-state index in [1.807, 2.05) is 53.1 Å². The van der Waals surface area contributed by atoms with Crippen LogP contribution in [0, 0.1) is 0 Å². The maximum atomic E-state index is 12.8. The molecule has 0 spiro atoms. The normalized spacial score (nSPS) is 16.7. The first-order valence-corrected chi connectivity index (χ1v) is 9.60. The van der Waals surface area contributed by atoms with Crippen molar-refractivity contribution in [3.05, 3.63) is 63.9 Å². The molecule has 3 aromatic rings. The van der Waals surface area contributed by atoms with Gasteiger partial charge in [0.25, 0.3) is 5.56 Å². The summed E-state index contributed by atoms with van der Waals surface area (Å²) in [5.41, 5.74) is 0.847. The van der Waals surface area contributed by atoms with E-state index in [2.05, 4.69) is 4.98 Å². The number of benzene rings is 2. The largest absolute Gasteiger partial charge is 0.282 e. The second-order valence-electron chi connectivity index (χ2n) is 5.32. The average molecular weight is 361 g/mol. The van der Waals surface area contributed by atoms with Gasteiger partial charge in [-0.05, 0) is 36.4 Å². The summed E-state index contributed by atoms with van der Waals surface area (Å²) in [7, 11) is 0. The van der Waals surface area contributed by atoms with Crippen molar-refractivity contribution in [3.8, 4) is 0 Å². The average Bonchev–Trinajstić information content (AvgIpc) is 2.98. The molecule has 2 heterocycles. The van der Waals surface area contributed by atoms with Gasteiger partial charge in [-0.3, -0.25) is 9.36 Å². The van der Waals surface area contributed by atoms with Gasteiger partial charge >= 0.3 is 0 Å². The van der Waals surface area contributed by atoms with Gasteiger partial charge in [-0.25, -0.2) is 4.98 Å². The summed E-state index contributed by atoms with van der Waals surface area (Å²) in [6.07, 6.45) is 0. The third kappa shape index (κ3) is 2.89. The third-order valence-corrected chi connectivity index (χ3v) is 6.31. The zero-order valence-corrected chi connectivity index (χ0v) is 14.5. The van der Waals surface area contributed by atoms with Gasteiger partial charge in [0.1, 0.15) is 0 Å². The Labute approximate surface area is 147 Å². The molecule has 0 N–H and O–H groups in total. The Morgan fingerprint density at radius 3 is 2.83 bits per heavy atom. The predicted octanol–water partition coefficient (Wildman–Crippen LogP) is 4.49. The van der Waals surface area contributed by atoms with Gasteiger partial charge < -0.3 is 0 Å². The first-order chi connectivity index (χ1) is 11.2. The van der Waals surface area contributed by atoms with E-state index in [0.29, 0.717) is 5.39 Å². The van der Waals surface area contributed by atoms with E-state index in [-0.39, 0.29) is 11.6 Å². The van der Waals surface area contributed by atoms with Crippen LogP contribution in [0.15, 0.2) is 63.4 Å². The zero-order valence-electron chi connectivity index (χ0n) is 12.1. The summed E-state index contributed by atoms with van der Waals surface area (Å²) >= 11 is 9.32. The van der Waals surface area contributed by atoms with Crippen molar-refractivity contribution in [2.75, 3.05) is 11.5 Å². The molecule has 4 rings (SSSR count). The lowest BCUT2D eigenvalue weighted by Gasteiger charge is -2.13. The Bertz CT molecular complexity index is 924. The summed E-state index contributed by atoms with van der Waals surface area (Å²) in [5.74, 6) is 1.74. The van der Waals surface area contributed by atoms with Crippen LogP contribution in [0.3, 0.4) is 0 Å². The number of halogens is 1. The van der Waals surface area contributed by atoms with E-state index in [9.17, 15) is 4.79 Å². The number of nitrogens with zero attached hydrogens (tertiary/aromatic N) is 2. The summed E-state index contributed by atoms with van der Waals surface area (Å²) in [4.78, 5) is 18.6. The highest BCUT2D eigenvalue weighted by Gasteiger charge is 2.26. The molecule has 0 saturated heterocycles. The van der Waals surface area contributed by atoms with Crippen LogP contribution >= 0.6 is 35.1 Å². The van der Waals surface area contributed by atoms with E-state index in [0.717, 1.165) is 32.1 Å². The van der Waals surface area contributed by atoms with E-state index in [4.69, 9.17) is 11.6 Å². The van der Waals surface area contributed by atoms with Crippen molar-refractivity contribution in [1.29, 1.82) is 0 Å². The van der Waals surface area contributed by atoms with Gasteiger partial charge in [0.15, 0.2) is 5.16 Å². The second-order valence-corrected chi connectivity index (χ2v) is 7.83. The minimum atomic E-state index is 0.0670. The van der Waals surface area contributed by atoms with Gasteiger partial charge in [-0.2, -0.15) is 0 Å². The molecule has 3 nitrogen and oxygen atoms in total. The number of fused-ring (bicyclic) bond motifs is 2. The molecule has 0 amide bonds. The summed E-state index contributed by atoms with van der Waals surface area (Å²) in [5, 5.41) is 2.26. The number of hydrogen-bond donors (Lipinski definition) is 0. The topological polar surface area (TPSA) is 34.9 Å². The molecule has 0 fully saturated rings. The first-order valence-electron chi connectivity index (χ1n) is 7.25. The van der Waals surface area contributed by atoms with Gasteiger partial charge in [-0.1, -0.05) is 35.5 Å². The zero-order chi connectivity index (χ0) is 15.8. The van der Waals surface area contributed by atoms with Crippen LogP contribution in [0.2, 0.25) is 5.02 Å². The number of aromatic nitrogens is 2. The molecule has 1 atom stereocenters. The van der Waals surface area contributed by atoms with Crippen molar-refractivity contribution < 1.29 is 0 Å². The third-order valence-electron chi connectivity index (χ3n) is 3.80. The molecular formula is C17H13ClN2OS2. The van der Waals surface area contributed by atoms with Crippen LogP contribution in [0.25, 0.3) is 10.9 Å². The van der Waals surface area contributed by atoms with E-state index >= 15 is 0 Å². The molecule has 0 bridgehead atoms. The highest BCUT2D eigenvalue weighted by molar-refractivity contribution is 8.00. The fraction of sp³-hybridized carbons (Fsp3) is 0.176. The quantitative estimate of drug-likeness (QED) is 0.509. The number of thioether (sulfide) groups is 2. The van der Waals surface area contributed by atoms with Crippen molar-refractivity contribution in [1.82, 2.24) is 9.55 Å². The summed E-state index contributed by atoms with van der Waals surface area (Å²) < 4.78 is 1.86. The smallest absolute Gasteiger partial charge is 0.262 e. The highest BCUT2D eigenvalue weighted by atomic mass is 35.5. The Morgan fingerprint density at radius 2 is 2.00 bits per heavy atom. The summed E-state index contributed by atoms with van der Waals surface area (Å²) in [6.45, 7) is 0. The monoisotopic (exact) mass is 360 g/mol. The maximum absolute atomic E-state index is 12.8. The first kappa shape index (κ1) is 15.1. The van der Waals surface area contributed by atoms with Crippen molar-refractivity contribution >= 4 is 46.0 Å². The Balaban J connectivity index is 1.63.